The molecule has 0 aliphatic carbocycles. The number of halogens is 3. The number of benzene rings is 2. The monoisotopic (exact) mass is 354 g/mol. The summed E-state index contributed by atoms with van der Waals surface area (Å²) in [6.07, 6.45) is -3.31. The van der Waals surface area contributed by atoms with Crippen molar-refractivity contribution in [1.29, 1.82) is 5.26 Å². The molecule has 0 aliphatic heterocycles. The Morgan fingerprint density at radius 3 is 2.58 bits per heavy atom. The van der Waals surface area contributed by atoms with Gasteiger partial charge in [-0.05, 0) is 36.8 Å². The van der Waals surface area contributed by atoms with Crippen LogP contribution in [0.4, 0.5) is 13.2 Å². The molecule has 0 aliphatic rings. The number of nitrogens with one attached hydrogen (secondary N) is 1. The van der Waals surface area contributed by atoms with Gasteiger partial charge in [-0.2, -0.15) is 18.4 Å². The molecule has 1 N–H and O–H groups in total. The molecule has 6 heteroatoms. The topological polar surface area (TPSA) is 56.6 Å². The van der Waals surface area contributed by atoms with Gasteiger partial charge in [-0.25, -0.2) is 0 Å². The first-order valence-electron chi connectivity index (χ1n) is 7.72. The quantitative estimate of drug-likeness (QED) is 0.395. The van der Waals surface area contributed by atoms with E-state index < -0.39 is 17.5 Å². The standard InChI is InChI=1S/C20H13F3N2O/c1-12-18(16-7-2-3-8-17(16)25-12)19(26)14(11-24)9-13-5-4-6-15(10-13)20(21,22)23/h2-10,25H,1H3/b14-9+. The second-order valence-electron chi connectivity index (χ2n) is 5.79. The number of ketones is 1. The lowest BCUT2D eigenvalue weighted by Crippen LogP contribution is -2.05. The lowest BCUT2D eigenvalue weighted by Gasteiger charge is -2.07. The maximum absolute atomic E-state index is 12.8. The number of H-pyrrole nitrogens is 1. The molecule has 0 radical (unpaired) electrons. The van der Waals surface area contributed by atoms with E-state index in [4.69, 9.17) is 0 Å². The van der Waals surface area contributed by atoms with Crippen LogP contribution in [0.5, 0.6) is 0 Å². The van der Waals surface area contributed by atoms with Crippen LogP contribution in [-0.4, -0.2) is 10.8 Å². The summed E-state index contributed by atoms with van der Waals surface area (Å²) >= 11 is 0. The molecule has 0 unspecified atom stereocenters. The third-order valence-electron chi connectivity index (χ3n) is 4.01. The van der Waals surface area contributed by atoms with E-state index in [2.05, 4.69) is 4.98 Å². The molecule has 2 aromatic carbocycles. The van der Waals surface area contributed by atoms with Gasteiger partial charge in [0.1, 0.15) is 11.6 Å². The summed E-state index contributed by atoms with van der Waals surface area (Å²) in [6, 6.07) is 13.5. The Balaban J connectivity index is 2.06. The zero-order chi connectivity index (χ0) is 18.9. The van der Waals surface area contributed by atoms with Crippen LogP contribution in [0.3, 0.4) is 0 Å². The number of aromatic nitrogens is 1. The number of carbonyl (C=O) groups is 1. The highest BCUT2D eigenvalue weighted by Crippen LogP contribution is 2.30. The van der Waals surface area contributed by atoms with Crippen molar-refractivity contribution in [2.75, 3.05) is 0 Å². The van der Waals surface area contributed by atoms with Crippen molar-refractivity contribution in [2.24, 2.45) is 0 Å². The van der Waals surface area contributed by atoms with Gasteiger partial charge in [-0.1, -0.05) is 30.3 Å². The van der Waals surface area contributed by atoms with Crippen LogP contribution in [0.25, 0.3) is 17.0 Å². The first kappa shape index (κ1) is 17.5. The molecule has 0 saturated carbocycles. The van der Waals surface area contributed by atoms with Gasteiger partial charge < -0.3 is 4.98 Å². The molecule has 3 nitrogen and oxygen atoms in total. The molecular formula is C20H13F3N2O. The van der Waals surface area contributed by atoms with E-state index in [9.17, 15) is 23.2 Å². The van der Waals surface area contributed by atoms with Crippen molar-refractivity contribution >= 4 is 22.8 Å². The molecular weight excluding hydrogens is 341 g/mol. The molecule has 0 fully saturated rings. The Morgan fingerprint density at radius 1 is 1.15 bits per heavy atom. The molecule has 0 spiro atoms. The summed E-state index contributed by atoms with van der Waals surface area (Å²) in [4.78, 5) is 15.9. The van der Waals surface area contributed by atoms with Crippen molar-refractivity contribution in [3.8, 4) is 6.07 Å². The van der Waals surface area contributed by atoms with Crippen LogP contribution < -0.4 is 0 Å². The fourth-order valence-electron chi connectivity index (χ4n) is 2.82. The summed E-state index contributed by atoms with van der Waals surface area (Å²) < 4.78 is 38.5. The van der Waals surface area contributed by atoms with Gasteiger partial charge in [-0.15, -0.1) is 0 Å². The number of para-hydroxylation sites is 1. The minimum atomic E-state index is -4.49. The van der Waals surface area contributed by atoms with E-state index in [0.29, 0.717) is 16.6 Å². The Bertz CT molecular complexity index is 1070. The van der Waals surface area contributed by atoms with Gasteiger partial charge in [0, 0.05) is 16.6 Å². The number of rotatable bonds is 3. The average molecular weight is 354 g/mol. The van der Waals surface area contributed by atoms with Gasteiger partial charge in [-0.3, -0.25) is 4.79 Å². The third-order valence-corrected chi connectivity index (χ3v) is 4.01. The molecule has 0 amide bonds. The second kappa shape index (κ2) is 6.52. The first-order chi connectivity index (χ1) is 12.3. The molecule has 1 heterocycles. The summed E-state index contributed by atoms with van der Waals surface area (Å²) in [5, 5.41) is 10.0. The fraction of sp³-hybridized carbons (Fsp3) is 0.100. The number of carbonyl (C=O) groups excluding carboxylic acids is 1. The lowest BCUT2D eigenvalue weighted by molar-refractivity contribution is -0.137. The van der Waals surface area contributed by atoms with Crippen LogP contribution in [0.15, 0.2) is 54.1 Å². The number of hydrogen-bond acceptors (Lipinski definition) is 2. The number of allylic oxidation sites excluding steroid dienone is 1. The Hall–Kier alpha value is -3.33. The highest BCUT2D eigenvalue weighted by Gasteiger charge is 2.30. The summed E-state index contributed by atoms with van der Waals surface area (Å²) in [5.74, 6) is -0.528. The van der Waals surface area contributed by atoms with Gasteiger partial charge in [0.25, 0.3) is 0 Å². The van der Waals surface area contributed by atoms with E-state index in [-0.39, 0.29) is 11.1 Å². The minimum absolute atomic E-state index is 0.141. The Morgan fingerprint density at radius 2 is 1.88 bits per heavy atom. The van der Waals surface area contributed by atoms with Gasteiger partial charge in [0.2, 0.25) is 5.78 Å². The molecule has 3 aromatic rings. The van der Waals surface area contributed by atoms with E-state index in [1.165, 1.54) is 18.2 Å². The number of aryl methyl sites for hydroxylation is 1. The molecule has 1 aromatic heterocycles. The maximum atomic E-state index is 12.8. The maximum Gasteiger partial charge on any atom is 0.416 e. The zero-order valence-electron chi connectivity index (χ0n) is 13.7. The van der Waals surface area contributed by atoms with Crippen molar-refractivity contribution in [3.05, 3.63) is 76.5 Å². The third kappa shape index (κ3) is 3.24. The van der Waals surface area contributed by atoms with Crippen molar-refractivity contribution in [1.82, 2.24) is 4.98 Å². The minimum Gasteiger partial charge on any atom is -0.358 e. The molecule has 0 atom stereocenters. The fourth-order valence-corrected chi connectivity index (χ4v) is 2.82. The lowest BCUT2D eigenvalue weighted by atomic mass is 9.99. The SMILES string of the molecule is Cc1[nH]c2ccccc2c1C(=O)/C(C#N)=C/c1cccc(C(F)(F)F)c1. The molecule has 0 saturated heterocycles. The molecule has 0 bridgehead atoms. The van der Waals surface area contributed by atoms with Gasteiger partial charge in [0.15, 0.2) is 0 Å². The summed E-state index contributed by atoms with van der Waals surface area (Å²) in [5.41, 5.74) is 0.783. The van der Waals surface area contributed by atoms with E-state index in [1.54, 1.807) is 25.1 Å². The smallest absolute Gasteiger partial charge is 0.358 e. The van der Waals surface area contributed by atoms with Crippen LogP contribution in [-0.2, 0) is 6.18 Å². The zero-order valence-corrected chi connectivity index (χ0v) is 13.7. The van der Waals surface area contributed by atoms with E-state index >= 15 is 0 Å². The highest BCUT2D eigenvalue weighted by atomic mass is 19.4. The second-order valence-corrected chi connectivity index (χ2v) is 5.79. The molecule has 3 rings (SSSR count). The van der Waals surface area contributed by atoms with Crippen LogP contribution in [0.1, 0.15) is 27.2 Å². The number of hydrogen-bond donors (Lipinski definition) is 1. The number of nitriles is 1. The van der Waals surface area contributed by atoms with Crippen molar-refractivity contribution < 1.29 is 18.0 Å². The largest absolute Gasteiger partial charge is 0.416 e. The van der Waals surface area contributed by atoms with Crippen LogP contribution >= 0.6 is 0 Å². The number of aromatic amines is 1. The van der Waals surface area contributed by atoms with E-state index in [1.807, 2.05) is 12.1 Å². The van der Waals surface area contributed by atoms with Crippen LogP contribution in [0, 0.1) is 18.3 Å². The highest BCUT2D eigenvalue weighted by molar-refractivity contribution is 6.20. The van der Waals surface area contributed by atoms with Gasteiger partial charge >= 0.3 is 6.18 Å². The Kier molecular flexibility index (Phi) is 4.39. The van der Waals surface area contributed by atoms with E-state index in [0.717, 1.165) is 17.6 Å². The molecule has 26 heavy (non-hydrogen) atoms. The first-order valence-corrected chi connectivity index (χ1v) is 7.72. The van der Waals surface area contributed by atoms with Crippen LogP contribution in [0.2, 0.25) is 0 Å². The Labute approximate surface area is 147 Å². The average Bonchev–Trinajstić information content (AvgIpc) is 2.94. The summed E-state index contributed by atoms with van der Waals surface area (Å²) in [7, 11) is 0. The summed E-state index contributed by atoms with van der Waals surface area (Å²) in [6.45, 7) is 1.71. The number of alkyl halides is 3. The molecule has 130 valence electrons. The van der Waals surface area contributed by atoms with Crippen molar-refractivity contribution in [2.45, 2.75) is 13.1 Å². The predicted molar refractivity (Wildman–Crippen MR) is 92.4 cm³/mol. The normalized spacial score (nSPS) is 12.2. The predicted octanol–water partition coefficient (Wildman–Crippen LogP) is 5.29. The number of Topliss-reactive ketones (excluding diaryl/α,β-unsaturated/α-hetero) is 1. The van der Waals surface area contributed by atoms with Crippen molar-refractivity contribution in [3.63, 3.8) is 0 Å². The number of nitrogens with zero attached hydrogens (tertiary/aromatic N) is 1. The number of fused-ring (bicyclic) bond motifs is 1. The van der Waals surface area contributed by atoms with Gasteiger partial charge in [0.05, 0.1) is 11.1 Å².